The number of hydrogen-bond acceptors (Lipinski definition) is 4. The van der Waals surface area contributed by atoms with Crippen LogP contribution in [0.2, 0.25) is 10.0 Å². The van der Waals surface area contributed by atoms with Crippen LogP contribution in [0, 0.1) is 12.8 Å². The minimum Gasteiger partial charge on any atom is -0.497 e. The van der Waals surface area contributed by atoms with E-state index in [2.05, 4.69) is 35.2 Å². The van der Waals surface area contributed by atoms with Gasteiger partial charge in [-0.05, 0) is 81.4 Å². The highest BCUT2D eigenvalue weighted by molar-refractivity contribution is 6.42. The van der Waals surface area contributed by atoms with Crippen molar-refractivity contribution in [3.05, 3.63) is 87.4 Å². The summed E-state index contributed by atoms with van der Waals surface area (Å²) in [5.74, 6) is 2.09. The molecule has 1 atom stereocenters. The molecule has 0 aliphatic carbocycles. The third-order valence-corrected chi connectivity index (χ3v) is 8.86. The van der Waals surface area contributed by atoms with Gasteiger partial charge in [-0.1, -0.05) is 59.6 Å². The molecule has 3 aromatic rings. The fraction of sp³-hybridized carbons (Fsp3) is 0.424. The highest BCUT2D eigenvalue weighted by Gasteiger charge is 2.26. The number of halogens is 3. The first-order valence-corrected chi connectivity index (χ1v) is 14.8. The van der Waals surface area contributed by atoms with Gasteiger partial charge in [-0.2, -0.15) is 0 Å². The summed E-state index contributed by atoms with van der Waals surface area (Å²) < 4.78 is 11.1. The number of ether oxygens (including phenoxy) is 2. The third-order valence-electron chi connectivity index (χ3n) is 8.12. The smallest absolute Gasteiger partial charge is 0.223 e. The van der Waals surface area contributed by atoms with E-state index in [1.807, 2.05) is 42.2 Å². The number of benzene rings is 3. The summed E-state index contributed by atoms with van der Waals surface area (Å²) >= 11 is 12.7. The predicted octanol–water partition coefficient (Wildman–Crippen LogP) is 8.22. The quantitative estimate of drug-likeness (QED) is 0.217. The van der Waals surface area contributed by atoms with E-state index in [0.29, 0.717) is 28.1 Å². The summed E-state index contributed by atoms with van der Waals surface area (Å²) in [6.45, 7) is 7.22. The van der Waals surface area contributed by atoms with Crippen molar-refractivity contribution in [2.24, 2.45) is 5.92 Å². The summed E-state index contributed by atoms with van der Waals surface area (Å²) in [6, 6.07) is 20.4. The lowest BCUT2D eigenvalue weighted by molar-refractivity contribution is -0.116. The van der Waals surface area contributed by atoms with E-state index in [0.717, 1.165) is 55.2 Å². The number of hydrogen-bond donors (Lipinski definition) is 0. The molecule has 0 saturated carbocycles. The number of rotatable bonds is 11. The number of nitrogens with zero attached hydrogens (tertiary/aromatic N) is 2. The van der Waals surface area contributed by atoms with E-state index in [1.54, 1.807) is 21.1 Å². The molecule has 3 aromatic carbocycles. The first-order chi connectivity index (χ1) is 19.3. The molecule has 5 nitrogen and oxygen atoms in total. The molecule has 0 aromatic heterocycles. The van der Waals surface area contributed by atoms with E-state index in [-0.39, 0.29) is 24.2 Å². The molecule has 4 rings (SSSR count). The van der Waals surface area contributed by atoms with Crippen LogP contribution in [0.25, 0.3) is 0 Å². The largest absolute Gasteiger partial charge is 0.497 e. The molecule has 41 heavy (non-hydrogen) atoms. The molecule has 222 valence electrons. The average molecular weight is 620 g/mol. The molecule has 0 bridgehead atoms. The predicted molar refractivity (Wildman–Crippen MR) is 173 cm³/mol. The normalized spacial score (nSPS) is 14.7. The molecular formula is C33H41Cl3N2O3. The minimum atomic E-state index is -0.0369. The Balaban J connectivity index is 0.00000462. The molecule has 1 heterocycles. The number of piperidine rings is 1. The van der Waals surface area contributed by atoms with Gasteiger partial charge in [-0.3, -0.25) is 4.79 Å². The monoisotopic (exact) mass is 618 g/mol. The van der Waals surface area contributed by atoms with E-state index >= 15 is 0 Å². The Kier molecular flexibility index (Phi) is 12.7. The van der Waals surface area contributed by atoms with Crippen LogP contribution in [0.4, 0.5) is 5.69 Å². The van der Waals surface area contributed by atoms with Gasteiger partial charge < -0.3 is 19.3 Å². The van der Waals surface area contributed by atoms with Crippen molar-refractivity contribution in [1.82, 2.24) is 4.90 Å². The summed E-state index contributed by atoms with van der Waals surface area (Å²) in [6.07, 6.45) is 4.45. The zero-order valence-corrected chi connectivity index (χ0v) is 26.7. The SMILES string of the molecule is COc1cc(OC)c(C)c(N(CC(CCN2CCC(Cc3ccccc3)CC2)c2ccc(Cl)c(Cl)c2)C(C)=O)c1.Cl. The number of carbonyl (C=O) groups excluding carboxylic acids is 1. The van der Waals surface area contributed by atoms with Crippen LogP contribution < -0.4 is 14.4 Å². The number of amides is 1. The Morgan fingerprint density at radius 2 is 1.71 bits per heavy atom. The zero-order valence-electron chi connectivity index (χ0n) is 24.4. The van der Waals surface area contributed by atoms with Gasteiger partial charge in [0.15, 0.2) is 0 Å². The standard InChI is InChI=1S/C33H40Cl2N2O3.ClH/c1-23-32(20-29(39-3)21-33(23)40-4)37(24(2)38)22-28(27-10-11-30(34)31(35)19-27)14-17-36-15-12-26(13-16-36)18-25-8-6-5-7-9-25;/h5-11,19-21,26,28H,12-18,22H2,1-4H3;1H. The second kappa shape index (κ2) is 15.7. The Hall–Kier alpha value is -2.44. The molecule has 1 fully saturated rings. The summed E-state index contributed by atoms with van der Waals surface area (Å²) in [4.78, 5) is 17.5. The maximum absolute atomic E-state index is 13.1. The lowest BCUT2D eigenvalue weighted by Crippen LogP contribution is -2.38. The van der Waals surface area contributed by atoms with Crippen LogP contribution in [0.1, 0.15) is 48.8 Å². The minimum absolute atomic E-state index is 0. The number of carbonyl (C=O) groups is 1. The highest BCUT2D eigenvalue weighted by Crippen LogP contribution is 2.37. The summed E-state index contributed by atoms with van der Waals surface area (Å²) in [5, 5.41) is 1.06. The Bertz CT molecular complexity index is 1280. The van der Waals surface area contributed by atoms with Gasteiger partial charge in [0.25, 0.3) is 0 Å². The number of likely N-dealkylation sites (tertiary alicyclic amines) is 1. The topological polar surface area (TPSA) is 42.0 Å². The molecule has 1 amide bonds. The van der Waals surface area contributed by atoms with Crippen molar-refractivity contribution < 1.29 is 14.3 Å². The van der Waals surface area contributed by atoms with Gasteiger partial charge in [-0.25, -0.2) is 0 Å². The molecular weight excluding hydrogens is 579 g/mol. The number of methoxy groups -OCH3 is 2. The molecule has 1 aliphatic heterocycles. The number of anilines is 1. The maximum atomic E-state index is 13.1. The average Bonchev–Trinajstić information content (AvgIpc) is 2.96. The van der Waals surface area contributed by atoms with Crippen molar-refractivity contribution in [3.8, 4) is 11.5 Å². The van der Waals surface area contributed by atoms with Crippen LogP contribution in [0.15, 0.2) is 60.7 Å². The Labute approximate surface area is 261 Å². The summed E-state index contributed by atoms with van der Waals surface area (Å²) in [5.41, 5.74) is 4.18. The maximum Gasteiger partial charge on any atom is 0.223 e. The second-order valence-electron chi connectivity index (χ2n) is 10.7. The van der Waals surface area contributed by atoms with Crippen LogP contribution in [-0.4, -0.2) is 51.2 Å². The van der Waals surface area contributed by atoms with Crippen LogP contribution in [0.5, 0.6) is 11.5 Å². The third kappa shape index (κ3) is 8.78. The lowest BCUT2D eigenvalue weighted by Gasteiger charge is -2.34. The Morgan fingerprint density at radius 1 is 1.00 bits per heavy atom. The molecule has 0 radical (unpaired) electrons. The van der Waals surface area contributed by atoms with Crippen molar-refractivity contribution in [3.63, 3.8) is 0 Å². The molecule has 8 heteroatoms. The van der Waals surface area contributed by atoms with E-state index in [4.69, 9.17) is 32.7 Å². The van der Waals surface area contributed by atoms with Gasteiger partial charge in [0, 0.05) is 37.1 Å². The van der Waals surface area contributed by atoms with Gasteiger partial charge in [0.1, 0.15) is 11.5 Å². The molecule has 1 unspecified atom stereocenters. The van der Waals surface area contributed by atoms with Crippen molar-refractivity contribution in [2.45, 2.75) is 45.4 Å². The fourth-order valence-corrected chi connectivity index (χ4v) is 6.01. The second-order valence-corrected chi connectivity index (χ2v) is 11.6. The Morgan fingerprint density at radius 3 is 2.32 bits per heavy atom. The van der Waals surface area contributed by atoms with E-state index in [1.165, 1.54) is 18.4 Å². The van der Waals surface area contributed by atoms with Crippen molar-refractivity contribution in [1.29, 1.82) is 0 Å². The summed E-state index contributed by atoms with van der Waals surface area (Å²) in [7, 11) is 3.25. The molecule has 1 saturated heterocycles. The lowest BCUT2D eigenvalue weighted by atomic mass is 9.89. The van der Waals surface area contributed by atoms with E-state index < -0.39 is 0 Å². The highest BCUT2D eigenvalue weighted by atomic mass is 35.5. The fourth-order valence-electron chi connectivity index (χ4n) is 5.71. The van der Waals surface area contributed by atoms with Crippen molar-refractivity contribution >= 4 is 47.2 Å². The van der Waals surface area contributed by atoms with Gasteiger partial charge in [0.2, 0.25) is 5.91 Å². The van der Waals surface area contributed by atoms with Crippen LogP contribution >= 0.6 is 35.6 Å². The van der Waals surface area contributed by atoms with Crippen LogP contribution in [-0.2, 0) is 11.2 Å². The van der Waals surface area contributed by atoms with Gasteiger partial charge in [-0.15, -0.1) is 12.4 Å². The first kappa shape index (κ1) is 33.1. The molecule has 0 spiro atoms. The van der Waals surface area contributed by atoms with Gasteiger partial charge >= 0.3 is 0 Å². The van der Waals surface area contributed by atoms with Crippen LogP contribution in [0.3, 0.4) is 0 Å². The zero-order chi connectivity index (χ0) is 28.6. The molecule has 0 N–H and O–H groups in total. The van der Waals surface area contributed by atoms with Gasteiger partial charge in [0.05, 0.1) is 30.0 Å². The first-order valence-electron chi connectivity index (χ1n) is 14.0. The molecule has 1 aliphatic rings. The van der Waals surface area contributed by atoms with E-state index in [9.17, 15) is 4.79 Å². The van der Waals surface area contributed by atoms with Crippen molar-refractivity contribution in [2.75, 3.05) is 45.3 Å².